The molecule has 5 heteroatoms. The van der Waals surface area contributed by atoms with Crippen molar-refractivity contribution in [3.63, 3.8) is 0 Å². The minimum Gasteiger partial charge on any atom is -0.480 e. The molecule has 1 amide bonds. The van der Waals surface area contributed by atoms with Gasteiger partial charge in [0, 0.05) is 12.5 Å². The lowest BCUT2D eigenvalue weighted by atomic mass is 9.90. The molecule has 0 radical (unpaired) electrons. The lowest BCUT2D eigenvalue weighted by molar-refractivity contribution is -0.160. The fourth-order valence-electron chi connectivity index (χ4n) is 3.40. The highest BCUT2D eigenvalue weighted by atomic mass is 16.5. The predicted octanol–water partition coefficient (Wildman–Crippen LogP) is 1.90. The minimum atomic E-state index is -0.964. The van der Waals surface area contributed by atoms with E-state index < -0.39 is 12.0 Å². The topological polar surface area (TPSA) is 66.8 Å². The first-order chi connectivity index (χ1) is 9.63. The number of ether oxygens (including phenoxy) is 1. The third-order valence-electron chi connectivity index (χ3n) is 4.63. The van der Waals surface area contributed by atoms with Crippen LogP contribution in [0.15, 0.2) is 0 Å². The van der Waals surface area contributed by atoms with Crippen molar-refractivity contribution in [2.45, 2.75) is 51.5 Å². The van der Waals surface area contributed by atoms with Crippen LogP contribution in [0, 0.1) is 11.8 Å². The van der Waals surface area contributed by atoms with Crippen LogP contribution in [0.1, 0.15) is 45.4 Å². The van der Waals surface area contributed by atoms with E-state index in [2.05, 4.69) is 0 Å². The second kappa shape index (κ2) is 7.07. The number of carbonyl (C=O) groups is 2. The molecule has 20 heavy (non-hydrogen) atoms. The molecule has 1 saturated heterocycles. The molecule has 0 bridgehead atoms. The standard InChI is InChI=1S/C15H25NO4/c1-2-12(9-11-5-3-4-6-11)14(17)16-7-8-20-10-13(16)15(18)19/h11-13H,2-10H2,1H3,(H,18,19). The van der Waals surface area contributed by atoms with Crippen LogP contribution in [0.4, 0.5) is 0 Å². The average Bonchev–Trinajstić information content (AvgIpc) is 2.97. The zero-order valence-electron chi connectivity index (χ0n) is 12.2. The largest absolute Gasteiger partial charge is 0.480 e. The van der Waals surface area contributed by atoms with Gasteiger partial charge in [-0.05, 0) is 18.8 Å². The van der Waals surface area contributed by atoms with Crippen LogP contribution in [0.3, 0.4) is 0 Å². The van der Waals surface area contributed by atoms with Crippen LogP contribution in [0.25, 0.3) is 0 Å². The van der Waals surface area contributed by atoms with E-state index in [0.29, 0.717) is 19.1 Å². The molecule has 2 fully saturated rings. The molecule has 0 aromatic heterocycles. The first-order valence-corrected chi connectivity index (χ1v) is 7.74. The number of aliphatic carboxylic acids is 1. The lowest BCUT2D eigenvalue weighted by Gasteiger charge is -2.35. The van der Waals surface area contributed by atoms with Gasteiger partial charge < -0.3 is 14.7 Å². The van der Waals surface area contributed by atoms with Gasteiger partial charge in [0.25, 0.3) is 0 Å². The quantitative estimate of drug-likeness (QED) is 0.837. The van der Waals surface area contributed by atoms with E-state index in [1.165, 1.54) is 30.6 Å². The molecule has 1 heterocycles. The molecule has 2 unspecified atom stereocenters. The van der Waals surface area contributed by atoms with Gasteiger partial charge in [-0.15, -0.1) is 0 Å². The molecule has 1 saturated carbocycles. The van der Waals surface area contributed by atoms with E-state index in [1.54, 1.807) is 0 Å². The van der Waals surface area contributed by atoms with Crippen LogP contribution in [0.2, 0.25) is 0 Å². The van der Waals surface area contributed by atoms with Crippen LogP contribution < -0.4 is 0 Å². The number of amides is 1. The lowest BCUT2D eigenvalue weighted by Crippen LogP contribution is -2.54. The Labute approximate surface area is 120 Å². The van der Waals surface area contributed by atoms with Gasteiger partial charge in [-0.25, -0.2) is 4.79 Å². The Morgan fingerprint density at radius 2 is 2.05 bits per heavy atom. The molecule has 0 aromatic rings. The number of nitrogens with zero attached hydrogens (tertiary/aromatic N) is 1. The highest BCUT2D eigenvalue weighted by Crippen LogP contribution is 2.32. The van der Waals surface area contributed by atoms with E-state index in [4.69, 9.17) is 4.74 Å². The van der Waals surface area contributed by atoms with E-state index in [9.17, 15) is 14.7 Å². The first kappa shape index (κ1) is 15.3. The molecule has 2 aliphatic rings. The maximum atomic E-state index is 12.6. The predicted molar refractivity (Wildman–Crippen MR) is 74.3 cm³/mol. The smallest absolute Gasteiger partial charge is 0.328 e. The molecule has 114 valence electrons. The van der Waals surface area contributed by atoms with Crippen LogP contribution in [0.5, 0.6) is 0 Å². The average molecular weight is 283 g/mol. The third-order valence-corrected chi connectivity index (χ3v) is 4.63. The Bertz CT molecular complexity index is 352. The van der Waals surface area contributed by atoms with Gasteiger partial charge in [0.1, 0.15) is 0 Å². The number of carboxylic acids is 1. The summed E-state index contributed by atoms with van der Waals surface area (Å²) in [5, 5.41) is 9.22. The molecular weight excluding hydrogens is 258 g/mol. The highest BCUT2D eigenvalue weighted by molar-refractivity contribution is 5.85. The summed E-state index contributed by atoms with van der Waals surface area (Å²) in [5.74, 6) is -0.338. The Hall–Kier alpha value is -1.10. The molecule has 1 N–H and O–H groups in total. The van der Waals surface area contributed by atoms with Crippen LogP contribution >= 0.6 is 0 Å². The van der Waals surface area contributed by atoms with Gasteiger partial charge in [-0.3, -0.25) is 4.79 Å². The normalized spacial score (nSPS) is 25.6. The number of hydrogen-bond donors (Lipinski definition) is 1. The summed E-state index contributed by atoms with van der Waals surface area (Å²) in [5.41, 5.74) is 0. The molecule has 2 atom stereocenters. The van der Waals surface area contributed by atoms with Crippen molar-refractivity contribution in [2.24, 2.45) is 11.8 Å². The molecule has 1 aliphatic heterocycles. The second-order valence-electron chi connectivity index (χ2n) is 5.95. The minimum absolute atomic E-state index is 0.00935. The summed E-state index contributed by atoms with van der Waals surface area (Å²) in [6.45, 7) is 2.97. The van der Waals surface area contributed by atoms with Crippen molar-refractivity contribution in [2.75, 3.05) is 19.8 Å². The Morgan fingerprint density at radius 3 is 2.65 bits per heavy atom. The number of morpholine rings is 1. The van der Waals surface area contributed by atoms with Crippen molar-refractivity contribution >= 4 is 11.9 Å². The monoisotopic (exact) mass is 283 g/mol. The number of hydrogen-bond acceptors (Lipinski definition) is 3. The summed E-state index contributed by atoms with van der Waals surface area (Å²) in [4.78, 5) is 25.4. The van der Waals surface area contributed by atoms with Gasteiger partial charge in [-0.2, -0.15) is 0 Å². The number of carbonyl (C=O) groups excluding carboxylic acids is 1. The van der Waals surface area contributed by atoms with Crippen molar-refractivity contribution in [1.82, 2.24) is 4.90 Å². The Balaban J connectivity index is 1.99. The van der Waals surface area contributed by atoms with Crippen molar-refractivity contribution in [1.29, 1.82) is 0 Å². The Morgan fingerprint density at radius 1 is 1.35 bits per heavy atom. The molecule has 1 aliphatic carbocycles. The van der Waals surface area contributed by atoms with E-state index in [-0.39, 0.29) is 18.4 Å². The fraction of sp³-hybridized carbons (Fsp3) is 0.867. The SMILES string of the molecule is CCC(CC1CCCC1)C(=O)N1CCOCC1C(=O)O. The van der Waals surface area contributed by atoms with Gasteiger partial charge >= 0.3 is 5.97 Å². The van der Waals surface area contributed by atoms with Crippen molar-refractivity contribution in [3.8, 4) is 0 Å². The summed E-state index contributed by atoms with van der Waals surface area (Å²) in [6.07, 6.45) is 6.68. The van der Waals surface area contributed by atoms with Crippen LogP contribution in [-0.4, -0.2) is 47.7 Å². The molecular formula is C15H25NO4. The fourth-order valence-corrected chi connectivity index (χ4v) is 3.40. The highest BCUT2D eigenvalue weighted by Gasteiger charge is 2.36. The zero-order valence-corrected chi connectivity index (χ0v) is 12.2. The maximum Gasteiger partial charge on any atom is 0.328 e. The summed E-state index contributed by atoms with van der Waals surface area (Å²) >= 11 is 0. The maximum absolute atomic E-state index is 12.6. The van der Waals surface area contributed by atoms with E-state index in [1.807, 2.05) is 6.92 Å². The molecule has 2 rings (SSSR count). The number of carboxylic acid groups (broad SMARTS) is 1. The molecule has 0 spiro atoms. The zero-order chi connectivity index (χ0) is 14.5. The van der Waals surface area contributed by atoms with Crippen molar-refractivity contribution < 1.29 is 19.4 Å². The summed E-state index contributed by atoms with van der Waals surface area (Å²) in [7, 11) is 0. The molecule has 5 nitrogen and oxygen atoms in total. The van der Waals surface area contributed by atoms with Gasteiger partial charge in [0.05, 0.1) is 13.2 Å². The summed E-state index contributed by atoms with van der Waals surface area (Å²) in [6, 6.07) is -0.811. The Kier molecular flexibility index (Phi) is 5.40. The van der Waals surface area contributed by atoms with E-state index >= 15 is 0 Å². The first-order valence-electron chi connectivity index (χ1n) is 7.74. The van der Waals surface area contributed by atoms with Gasteiger partial charge in [-0.1, -0.05) is 32.6 Å². The van der Waals surface area contributed by atoms with E-state index in [0.717, 1.165) is 12.8 Å². The number of rotatable bonds is 5. The van der Waals surface area contributed by atoms with Gasteiger partial charge in [0.2, 0.25) is 5.91 Å². The van der Waals surface area contributed by atoms with Crippen LogP contribution in [-0.2, 0) is 14.3 Å². The summed E-state index contributed by atoms with van der Waals surface area (Å²) < 4.78 is 5.20. The third kappa shape index (κ3) is 3.51. The van der Waals surface area contributed by atoms with Crippen molar-refractivity contribution in [3.05, 3.63) is 0 Å². The van der Waals surface area contributed by atoms with Gasteiger partial charge in [0.15, 0.2) is 6.04 Å². The second-order valence-corrected chi connectivity index (χ2v) is 5.95. The molecule has 0 aromatic carbocycles.